The van der Waals surface area contributed by atoms with Crippen LogP contribution in [-0.2, 0) is 9.59 Å². The Hall–Kier alpha value is -1.63. The van der Waals surface area contributed by atoms with Crippen LogP contribution >= 0.6 is 0 Å². The monoisotopic (exact) mass is 296 g/mol. The summed E-state index contributed by atoms with van der Waals surface area (Å²) >= 11 is 0. The molecule has 4 amide bonds. The van der Waals surface area contributed by atoms with E-state index in [2.05, 4.69) is 5.32 Å². The molecular weight excluding hydrogens is 272 g/mol. The van der Waals surface area contributed by atoms with Crippen LogP contribution in [0.4, 0.5) is 4.79 Å². The zero-order valence-corrected chi connectivity index (χ0v) is 12.9. The predicted molar refractivity (Wildman–Crippen MR) is 77.3 cm³/mol. The third-order valence-corrected chi connectivity index (χ3v) is 4.54. The number of imide groups is 1. The number of carbonyl (C=O) groups excluding carboxylic acids is 3. The van der Waals surface area contributed by atoms with Crippen molar-refractivity contribution in [3.05, 3.63) is 0 Å². The SMILES string of the molecule is C[C@H](N)[C@@H]1CCCN(C(=O)CN2C(=O)NC(=O)C2(C)C)C1. The van der Waals surface area contributed by atoms with Crippen LogP contribution in [0.2, 0.25) is 0 Å². The lowest BCUT2D eigenvalue weighted by atomic mass is 9.92. The highest BCUT2D eigenvalue weighted by Crippen LogP contribution is 2.23. The van der Waals surface area contributed by atoms with Crippen molar-refractivity contribution in [1.29, 1.82) is 0 Å². The van der Waals surface area contributed by atoms with E-state index in [9.17, 15) is 14.4 Å². The predicted octanol–water partition coefficient (Wildman–Crippen LogP) is -0.0974. The second-order valence-corrected chi connectivity index (χ2v) is 6.51. The van der Waals surface area contributed by atoms with Crippen molar-refractivity contribution in [3.8, 4) is 0 Å². The largest absolute Gasteiger partial charge is 0.341 e. The lowest BCUT2D eigenvalue weighted by molar-refractivity contribution is -0.135. The first kappa shape index (κ1) is 15.8. The molecule has 2 atom stereocenters. The molecule has 118 valence electrons. The standard InChI is InChI=1S/C14H24N4O3/c1-9(15)10-5-4-6-17(7-10)11(19)8-18-13(21)16-12(20)14(18,2)3/h9-10H,4-8,15H2,1-3H3,(H,16,20,21)/t9-,10+/m0/s1. The maximum atomic E-state index is 12.4. The van der Waals surface area contributed by atoms with Gasteiger partial charge in [0.15, 0.2) is 0 Å². The van der Waals surface area contributed by atoms with Crippen molar-refractivity contribution in [2.75, 3.05) is 19.6 Å². The van der Waals surface area contributed by atoms with Crippen molar-refractivity contribution < 1.29 is 14.4 Å². The summed E-state index contributed by atoms with van der Waals surface area (Å²) in [4.78, 5) is 39.0. The molecule has 2 rings (SSSR count). The highest BCUT2D eigenvalue weighted by atomic mass is 16.2. The van der Waals surface area contributed by atoms with Gasteiger partial charge in [-0.25, -0.2) is 4.79 Å². The first-order valence-corrected chi connectivity index (χ1v) is 7.40. The normalized spacial score (nSPS) is 26.8. The molecule has 2 saturated heterocycles. The van der Waals surface area contributed by atoms with E-state index in [-0.39, 0.29) is 24.4 Å². The van der Waals surface area contributed by atoms with E-state index in [1.807, 2.05) is 6.92 Å². The molecule has 3 N–H and O–H groups in total. The van der Waals surface area contributed by atoms with Gasteiger partial charge in [-0.2, -0.15) is 0 Å². The van der Waals surface area contributed by atoms with E-state index in [0.717, 1.165) is 12.8 Å². The minimum absolute atomic E-state index is 0.0497. The maximum Gasteiger partial charge on any atom is 0.325 e. The van der Waals surface area contributed by atoms with Gasteiger partial charge in [-0.05, 0) is 39.5 Å². The Morgan fingerprint density at radius 3 is 2.67 bits per heavy atom. The Kier molecular flexibility index (Phi) is 4.22. The fraction of sp³-hybridized carbons (Fsp3) is 0.786. The summed E-state index contributed by atoms with van der Waals surface area (Å²) in [6, 6.07) is -0.451. The third-order valence-electron chi connectivity index (χ3n) is 4.54. The molecular formula is C14H24N4O3. The van der Waals surface area contributed by atoms with E-state index in [4.69, 9.17) is 5.73 Å². The molecule has 21 heavy (non-hydrogen) atoms. The Morgan fingerprint density at radius 1 is 1.48 bits per heavy atom. The number of hydrogen-bond acceptors (Lipinski definition) is 4. The minimum Gasteiger partial charge on any atom is -0.341 e. The molecule has 2 aliphatic rings. The fourth-order valence-corrected chi connectivity index (χ4v) is 2.86. The van der Waals surface area contributed by atoms with Crippen LogP contribution in [0, 0.1) is 5.92 Å². The van der Waals surface area contributed by atoms with Gasteiger partial charge in [0.05, 0.1) is 0 Å². The Morgan fingerprint density at radius 2 is 2.14 bits per heavy atom. The van der Waals surface area contributed by atoms with Crippen molar-refractivity contribution in [2.24, 2.45) is 11.7 Å². The number of urea groups is 1. The van der Waals surface area contributed by atoms with Crippen molar-refractivity contribution in [3.63, 3.8) is 0 Å². The summed E-state index contributed by atoms with van der Waals surface area (Å²) in [6.45, 7) is 6.47. The van der Waals surface area contributed by atoms with Gasteiger partial charge in [0.25, 0.3) is 5.91 Å². The van der Waals surface area contributed by atoms with Crippen LogP contribution in [0.5, 0.6) is 0 Å². The average Bonchev–Trinajstić information content (AvgIpc) is 2.61. The number of likely N-dealkylation sites (tertiary alicyclic amines) is 1. The van der Waals surface area contributed by atoms with Crippen molar-refractivity contribution in [2.45, 2.75) is 45.2 Å². The number of carbonyl (C=O) groups is 3. The molecule has 2 heterocycles. The molecule has 0 saturated carbocycles. The third kappa shape index (κ3) is 3.02. The summed E-state index contributed by atoms with van der Waals surface area (Å²) in [7, 11) is 0. The molecule has 0 bridgehead atoms. The van der Waals surface area contributed by atoms with Crippen LogP contribution in [0.15, 0.2) is 0 Å². The maximum absolute atomic E-state index is 12.4. The van der Waals surface area contributed by atoms with Crippen LogP contribution in [0.25, 0.3) is 0 Å². The zero-order valence-electron chi connectivity index (χ0n) is 12.9. The number of nitrogens with two attached hydrogens (primary N) is 1. The lowest BCUT2D eigenvalue weighted by Crippen LogP contribution is -2.52. The van der Waals surface area contributed by atoms with E-state index in [0.29, 0.717) is 19.0 Å². The summed E-state index contributed by atoms with van der Waals surface area (Å²) < 4.78 is 0. The quantitative estimate of drug-likeness (QED) is 0.711. The summed E-state index contributed by atoms with van der Waals surface area (Å²) in [5.41, 5.74) is 4.94. The van der Waals surface area contributed by atoms with Gasteiger partial charge in [-0.3, -0.25) is 14.9 Å². The smallest absolute Gasteiger partial charge is 0.325 e. The van der Waals surface area contributed by atoms with Gasteiger partial charge in [-0.15, -0.1) is 0 Å². The summed E-state index contributed by atoms with van der Waals surface area (Å²) in [5.74, 6) is -0.199. The number of hydrogen-bond donors (Lipinski definition) is 2. The lowest BCUT2D eigenvalue weighted by Gasteiger charge is -2.36. The first-order valence-electron chi connectivity index (χ1n) is 7.40. The van der Waals surface area contributed by atoms with E-state index in [1.165, 1.54) is 4.90 Å². The molecule has 0 unspecified atom stereocenters. The fourth-order valence-electron chi connectivity index (χ4n) is 2.86. The first-order chi connectivity index (χ1) is 9.73. The van der Waals surface area contributed by atoms with Gasteiger partial charge >= 0.3 is 6.03 Å². The number of piperidine rings is 1. The number of rotatable bonds is 3. The average molecular weight is 296 g/mol. The Bertz CT molecular complexity index is 461. The molecule has 7 nitrogen and oxygen atoms in total. The summed E-state index contributed by atoms with van der Waals surface area (Å²) in [6.07, 6.45) is 1.95. The van der Waals surface area contributed by atoms with E-state index in [1.54, 1.807) is 18.7 Å². The second-order valence-electron chi connectivity index (χ2n) is 6.51. The van der Waals surface area contributed by atoms with E-state index >= 15 is 0 Å². The molecule has 0 spiro atoms. The van der Waals surface area contributed by atoms with Gasteiger partial charge in [0, 0.05) is 19.1 Å². The van der Waals surface area contributed by atoms with Crippen LogP contribution in [-0.4, -0.2) is 58.9 Å². The molecule has 0 aromatic heterocycles. The number of nitrogens with zero attached hydrogens (tertiary/aromatic N) is 2. The topological polar surface area (TPSA) is 95.7 Å². The molecule has 7 heteroatoms. The van der Waals surface area contributed by atoms with Crippen molar-refractivity contribution >= 4 is 17.8 Å². The van der Waals surface area contributed by atoms with Crippen molar-refractivity contribution in [1.82, 2.24) is 15.1 Å². The van der Waals surface area contributed by atoms with Gasteiger partial charge in [-0.1, -0.05) is 0 Å². The Balaban J connectivity index is 2.01. The second kappa shape index (κ2) is 5.63. The molecule has 0 aliphatic carbocycles. The zero-order chi connectivity index (χ0) is 15.8. The highest BCUT2D eigenvalue weighted by Gasteiger charge is 2.46. The van der Waals surface area contributed by atoms with Gasteiger partial charge in [0.2, 0.25) is 5.91 Å². The van der Waals surface area contributed by atoms with Gasteiger partial charge in [0.1, 0.15) is 12.1 Å². The molecule has 0 aromatic carbocycles. The molecule has 2 fully saturated rings. The molecule has 0 radical (unpaired) electrons. The minimum atomic E-state index is -0.983. The number of nitrogens with one attached hydrogen (secondary N) is 1. The van der Waals surface area contributed by atoms with E-state index < -0.39 is 11.6 Å². The molecule has 0 aromatic rings. The highest BCUT2D eigenvalue weighted by molar-refractivity contribution is 6.07. The molecule has 2 aliphatic heterocycles. The summed E-state index contributed by atoms with van der Waals surface area (Å²) in [5, 5.41) is 2.25. The van der Waals surface area contributed by atoms with Crippen LogP contribution in [0.3, 0.4) is 0 Å². The van der Waals surface area contributed by atoms with Gasteiger partial charge < -0.3 is 15.5 Å². The Labute approximate surface area is 124 Å². The van der Waals surface area contributed by atoms with Crippen LogP contribution < -0.4 is 11.1 Å². The number of amides is 4. The van der Waals surface area contributed by atoms with Crippen LogP contribution in [0.1, 0.15) is 33.6 Å².